The molecule has 0 amide bonds. The van der Waals surface area contributed by atoms with Gasteiger partial charge in [0.05, 0.1) is 13.2 Å². The van der Waals surface area contributed by atoms with E-state index in [9.17, 15) is 8.42 Å². The van der Waals surface area contributed by atoms with Crippen molar-refractivity contribution >= 4 is 10.2 Å². The van der Waals surface area contributed by atoms with Crippen molar-refractivity contribution in [3.63, 3.8) is 0 Å². The molecule has 0 aromatic heterocycles. The highest BCUT2D eigenvalue weighted by atomic mass is 32.2. The highest BCUT2D eigenvalue weighted by molar-refractivity contribution is 7.87. The van der Waals surface area contributed by atoms with Crippen molar-refractivity contribution in [2.24, 2.45) is 11.7 Å². The quantitative estimate of drug-likeness (QED) is 0.680. The van der Waals surface area contributed by atoms with Gasteiger partial charge in [-0.3, -0.25) is 0 Å². The molecule has 0 aliphatic carbocycles. The number of hydrogen-bond acceptors (Lipinski definition) is 4. The van der Waals surface area contributed by atoms with Gasteiger partial charge in [-0.2, -0.15) is 12.7 Å². The second kappa shape index (κ2) is 6.65. The van der Waals surface area contributed by atoms with E-state index in [0.717, 1.165) is 6.42 Å². The summed E-state index contributed by atoms with van der Waals surface area (Å²) in [4.78, 5) is 0. The fourth-order valence-electron chi connectivity index (χ4n) is 1.78. The number of rotatable bonds is 6. The van der Waals surface area contributed by atoms with E-state index in [0.29, 0.717) is 32.2 Å². The minimum Gasteiger partial charge on any atom is -0.379 e. The van der Waals surface area contributed by atoms with Gasteiger partial charge in [-0.25, -0.2) is 4.72 Å². The van der Waals surface area contributed by atoms with Crippen LogP contribution in [0.5, 0.6) is 0 Å². The van der Waals surface area contributed by atoms with Crippen molar-refractivity contribution in [3.8, 4) is 0 Å². The van der Waals surface area contributed by atoms with E-state index in [-0.39, 0.29) is 12.6 Å². The summed E-state index contributed by atoms with van der Waals surface area (Å²) < 4.78 is 32.8. The normalized spacial score (nSPS) is 20.7. The molecular formula is C10H23N3O3S. The first-order valence-electron chi connectivity index (χ1n) is 6.00. The van der Waals surface area contributed by atoms with Crippen LogP contribution in [0.1, 0.15) is 20.3 Å². The first-order valence-corrected chi connectivity index (χ1v) is 7.44. The standard InChI is InChI=1S/C10H23N3O3S/c1-9(2)7-10(11)8-12-17(14,15)13-3-5-16-6-4-13/h9-10,12H,3-8,11H2,1-2H3. The molecule has 1 fully saturated rings. The zero-order valence-corrected chi connectivity index (χ0v) is 11.4. The number of hydrogen-bond donors (Lipinski definition) is 2. The Morgan fingerprint density at radius 2 is 1.94 bits per heavy atom. The van der Waals surface area contributed by atoms with Crippen molar-refractivity contribution in [3.05, 3.63) is 0 Å². The monoisotopic (exact) mass is 265 g/mol. The maximum Gasteiger partial charge on any atom is 0.279 e. The molecule has 0 radical (unpaired) electrons. The van der Waals surface area contributed by atoms with Gasteiger partial charge in [0.1, 0.15) is 0 Å². The highest BCUT2D eigenvalue weighted by Crippen LogP contribution is 2.05. The molecule has 0 saturated carbocycles. The summed E-state index contributed by atoms with van der Waals surface area (Å²) in [6.07, 6.45) is 0.811. The topological polar surface area (TPSA) is 84.7 Å². The van der Waals surface area contributed by atoms with Crippen molar-refractivity contribution in [2.75, 3.05) is 32.8 Å². The minimum absolute atomic E-state index is 0.134. The third kappa shape index (κ3) is 5.31. The van der Waals surface area contributed by atoms with Crippen molar-refractivity contribution in [2.45, 2.75) is 26.3 Å². The van der Waals surface area contributed by atoms with Gasteiger partial charge >= 0.3 is 0 Å². The molecule has 17 heavy (non-hydrogen) atoms. The predicted molar refractivity (Wildman–Crippen MR) is 66.7 cm³/mol. The Balaban J connectivity index is 2.38. The van der Waals surface area contributed by atoms with Crippen LogP contribution in [0.3, 0.4) is 0 Å². The number of nitrogens with two attached hydrogens (primary N) is 1. The summed E-state index contributed by atoms with van der Waals surface area (Å²) in [6.45, 7) is 6.16. The van der Waals surface area contributed by atoms with E-state index in [1.54, 1.807) is 0 Å². The van der Waals surface area contributed by atoms with Crippen LogP contribution >= 0.6 is 0 Å². The van der Waals surface area contributed by atoms with E-state index in [1.807, 2.05) is 0 Å². The Morgan fingerprint density at radius 3 is 2.47 bits per heavy atom. The third-order valence-corrected chi connectivity index (χ3v) is 4.19. The Morgan fingerprint density at radius 1 is 1.35 bits per heavy atom. The SMILES string of the molecule is CC(C)CC(N)CNS(=O)(=O)N1CCOCC1. The zero-order valence-electron chi connectivity index (χ0n) is 10.6. The van der Waals surface area contributed by atoms with Crippen molar-refractivity contribution < 1.29 is 13.2 Å². The van der Waals surface area contributed by atoms with E-state index in [1.165, 1.54) is 4.31 Å². The number of nitrogens with zero attached hydrogens (tertiary/aromatic N) is 1. The van der Waals surface area contributed by atoms with Gasteiger partial charge in [0.2, 0.25) is 0 Å². The summed E-state index contributed by atoms with van der Waals surface area (Å²) in [5.41, 5.74) is 5.84. The number of nitrogens with one attached hydrogen (secondary N) is 1. The molecular weight excluding hydrogens is 242 g/mol. The second-order valence-electron chi connectivity index (χ2n) is 4.75. The van der Waals surface area contributed by atoms with Gasteiger partial charge in [-0.15, -0.1) is 0 Å². The molecule has 1 atom stereocenters. The van der Waals surface area contributed by atoms with E-state index in [4.69, 9.17) is 10.5 Å². The Labute approximate surface area is 104 Å². The average Bonchev–Trinajstić information content (AvgIpc) is 2.27. The lowest BCUT2D eigenvalue weighted by Crippen LogP contribution is -2.49. The molecule has 1 heterocycles. The molecule has 3 N–H and O–H groups in total. The minimum atomic E-state index is -3.39. The Bertz CT molecular complexity index is 313. The van der Waals surface area contributed by atoms with Gasteiger partial charge in [0.25, 0.3) is 10.2 Å². The van der Waals surface area contributed by atoms with Crippen molar-refractivity contribution in [1.29, 1.82) is 0 Å². The fraction of sp³-hybridized carbons (Fsp3) is 1.00. The Hall–Kier alpha value is -0.210. The van der Waals surface area contributed by atoms with Gasteiger partial charge in [-0.1, -0.05) is 13.8 Å². The molecule has 0 aromatic rings. The summed E-state index contributed by atoms with van der Waals surface area (Å²) >= 11 is 0. The van der Waals surface area contributed by atoms with Gasteiger partial charge in [0, 0.05) is 25.7 Å². The third-order valence-electron chi connectivity index (χ3n) is 2.61. The second-order valence-corrected chi connectivity index (χ2v) is 6.51. The van der Waals surface area contributed by atoms with Crippen LogP contribution in [0.15, 0.2) is 0 Å². The highest BCUT2D eigenvalue weighted by Gasteiger charge is 2.24. The first kappa shape index (κ1) is 14.8. The summed E-state index contributed by atoms with van der Waals surface area (Å²) in [5, 5.41) is 0. The predicted octanol–water partition coefficient (Wildman–Crippen LogP) is -0.474. The lowest BCUT2D eigenvalue weighted by Gasteiger charge is -2.26. The molecule has 0 spiro atoms. The molecule has 6 nitrogen and oxygen atoms in total. The summed E-state index contributed by atoms with van der Waals surface area (Å²) in [5.74, 6) is 0.470. The summed E-state index contributed by atoms with van der Waals surface area (Å²) in [7, 11) is -3.39. The van der Waals surface area contributed by atoms with Gasteiger partial charge < -0.3 is 10.5 Å². The molecule has 1 aliphatic heterocycles. The Kier molecular flexibility index (Phi) is 5.81. The average molecular weight is 265 g/mol. The largest absolute Gasteiger partial charge is 0.379 e. The van der Waals surface area contributed by atoms with E-state index < -0.39 is 10.2 Å². The van der Waals surface area contributed by atoms with Crippen LogP contribution in [0, 0.1) is 5.92 Å². The number of ether oxygens (including phenoxy) is 1. The maximum atomic E-state index is 11.9. The van der Waals surface area contributed by atoms with Crippen molar-refractivity contribution in [1.82, 2.24) is 9.03 Å². The molecule has 1 unspecified atom stereocenters. The molecule has 1 saturated heterocycles. The maximum absolute atomic E-state index is 11.9. The molecule has 1 aliphatic rings. The molecule has 102 valence electrons. The lowest BCUT2D eigenvalue weighted by molar-refractivity contribution is 0.0724. The van der Waals surface area contributed by atoms with Gasteiger partial charge in [0.15, 0.2) is 0 Å². The molecule has 0 bridgehead atoms. The first-order chi connectivity index (χ1) is 7.92. The number of morpholine rings is 1. The van der Waals surface area contributed by atoms with Crippen LogP contribution < -0.4 is 10.5 Å². The molecule has 7 heteroatoms. The van der Waals surface area contributed by atoms with Crippen LogP contribution in [-0.2, 0) is 14.9 Å². The van der Waals surface area contributed by atoms with Crippen LogP contribution in [0.2, 0.25) is 0 Å². The van der Waals surface area contributed by atoms with Gasteiger partial charge in [-0.05, 0) is 12.3 Å². The lowest BCUT2D eigenvalue weighted by atomic mass is 10.1. The van der Waals surface area contributed by atoms with Crippen LogP contribution in [-0.4, -0.2) is 51.6 Å². The van der Waals surface area contributed by atoms with Crippen LogP contribution in [0.25, 0.3) is 0 Å². The van der Waals surface area contributed by atoms with Crippen LogP contribution in [0.4, 0.5) is 0 Å². The molecule has 1 rings (SSSR count). The smallest absolute Gasteiger partial charge is 0.279 e. The van der Waals surface area contributed by atoms with E-state index in [2.05, 4.69) is 18.6 Å². The zero-order chi connectivity index (χ0) is 12.9. The molecule has 0 aromatic carbocycles. The summed E-state index contributed by atoms with van der Waals surface area (Å²) in [6, 6.07) is -0.134. The van der Waals surface area contributed by atoms with E-state index >= 15 is 0 Å². The fourth-order valence-corrected chi connectivity index (χ4v) is 3.02.